The van der Waals surface area contributed by atoms with E-state index in [1.165, 1.54) is 6.42 Å². The second-order valence-corrected chi connectivity index (χ2v) is 4.85. The Morgan fingerprint density at radius 3 is 2.25 bits per heavy atom. The van der Waals surface area contributed by atoms with Crippen molar-refractivity contribution >= 4 is 17.9 Å². The van der Waals surface area contributed by atoms with Crippen LogP contribution in [-0.2, 0) is 14.3 Å². The van der Waals surface area contributed by atoms with Gasteiger partial charge in [-0.2, -0.15) is 0 Å². The van der Waals surface area contributed by atoms with Crippen LogP contribution in [0.1, 0.15) is 38.5 Å². The lowest BCUT2D eigenvalue weighted by Crippen LogP contribution is -2.37. The van der Waals surface area contributed by atoms with E-state index in [9.17, 15) is 14.4 Å². The van der Waals surface area contributed by atoms with E-state index in [0.717, 1.165) is 38.8 Å². The number of carbonyl (C=O) groups is 3. The van der Waals surface area contributed by atoms with Crippen LogP contribution in [0.4, 0.5) is 4.79 Å². The van der Waals surface area contributed by atoms with E-state index in [1.54, 1.807) is 4.90 Å². The molecular weight excluding hydrogens is 262 g/mol. The SMILES string of the molecule is NC(=O)NCCC(=O)OCC(=O)N1CCCCCCC1. The van der Waals surface area contributed by atoms with E-state index in [-0.39, 0.29) is 25.5 Å². The zero-order chi connectivity index (χ0) is 14.8. The highest BCUT2D eigenvalue weighted by molar-refractivity contribution is 5.81. The molecule has 0 unspecified atom stereocenters. The maximum absolute atomic E-state index is 11.9. The summed E-state index contributed by atoms with van der Waals surface area (Å²) in [6.45, 7) is 1.36. The molecule has 20 heavy (non-hydrogen) atoms. The summed E-state index contributed by atoms with van der Waals surface area (Å²) >= 11 is 0. The van der Waals surface area contributed by atoms with Crippen molar-refractivity contribution in [2.45, 2.75) is 38.5 Å². The molecule has 1 heterocycles. The van der Waals surface area contributed by atoms with Crippen LogP contribution in [0.3, 0.4) is 0 Å². The number of nitrogens with two attached hydrogens (primary N) is 1. The molecule has 0 saturated carbocycles. The van der Waals surface area contributed by atoms with E-state index in [1.807, 2.05) is 0 Å². The van der Waals surface area contributed by atoms with Crippen LogP contribution >= 0.6 is 0 Å². The number of urea groups is 1. The Balaban J connectivity index is 2.20. The van der Waals surface area contributed by atoms with E-state index in [2.05, 4.69) is 5.32 Å². The fourth-order valence-electron chi connectivity index (χ4n) is 2.09. The van der Waals surface area contributed by atoms with Crippen LogP contribution in [0.15, 0.2) is 0 Å². The Labute approximate surface area is 118 Å². The van der Waals surface area contributed by atoms with Crippen molar-refractivity contribution in [1.29, 1.82) is 0 Å². The van der Waals surface area contributed by atoms with Crippen LogP contribution in [-0.4, -0.2) is 49.0 Å². The van der Waals surface area contributed by atoms with Crippen LogP contribution < -0.4 is 11.1 Å². The van der Waals surface area contributed by atoms with Gasteiger partial charge in [0.25, 0.3) is 5.91 Å². The number of likely N-dealkylation sites (tertiary alicyclic amines) is 1. The maximum Gasteiger partial charge on any atom is 0.312 e. The highest BCUT2D eigenvalue weighted by atomic mass is 16.5. The van der Waals surface area contributed by atoms with Crippen LogP contribution in [0.5, 0.6) is 0 Å². The summed E-state index contributed by atoms with van der Waals surface area (Å²) in [6, 6.07) is -0.686. The summed E-state index contributed by atoms with van der Waals surface area (Å²) in [7, 11) is 0. The summed E-state index contributed by atoms with van der Waals surface area (Å²) in [6.07, 6.45) is 5.52. The van der Waals surface area contributed by atoms with Crippen molar-refractivity contribution in [3.05, 3.63) is 0 Å². The van der Waals surface area contributed by atoms with Crippen molar-refractivity contribution in [2.75, 3.05) is 26.2 Å². The van der Waals surface area contributed by atoms with Gasteiger partial charge in [0.15, 0.2) is 6.61 Å². The molecular formula is C13H23N3O4. The van der Waals surface area contributed by atoms with Gasteiger partial charge in [0.2, 0.25) is 0 Å². The van der Waals surface area contributed by atoms with Gasteiger partial charge in [-0.3, -0.25) is 9.59 Å². The number of primary amides is 1. The molecule has 1 rings (SSSR count). The van der Waals surface area contributed by atoms with Crippen molar-refractivity contribution < 1.29 is 19.1 Å². The molecule has 0 spiro atoms. The Morgan fingerprint density at radius 1 is 1.05 bits per heavy atom. The molecule has 0 aromatic heterocycles. The number of nitrogens with zero attached hydrogens (tertiary/aromatic N) is 1. The number of nitrogens with one attached hydrogen (secondary N) is 1. The standard InChI is InChI=1S/C13H23N3O4/c14-13(19)15-7-6-12(18)20-10-11(17)16-8-4-2-1-3-5-9-16/h1-10H2,(H3,14,15,19). The molecule has 7 heteroatoms. The van der Waals surface area contributed by atoms with Gasteiger partial charge in [0.1, 0.15) is 0 Å². The second-order valence-electron chi connectivity index (χ2n) is 4.85. The Morgan fingerprint density at radius 2 is 1.65 bits per heavy atom. The van der Waals surface area contributed by atoms with Gasteiger partial charge < -0.3 is 20.7 Å². The topological polar surface area (TPSA) is 102 Å². The fraction of sp³-hybridized carbons (Fsp3) is 0.769. The zero-order valence-electron chi connectivity index (χ0n) is 11.7. The van der Waals surface area contributed by atoms with E-state index in [4.69, 9.17) is 10.5 Å². The first-order chi connectivity index (χ1) is 9.59. The average molecular weight is 285 g/mol. The van der Waals surface area contributed by atoms with Gasteiger partial charge in [-0.15, -0.1) is 0 Å². The third kappa shape index (κ3) is 6.96. The average Bonchev–Trinajstić information content (AvgIpc) is 2.35. The molecule has 1 saturated heterocycles. The molecule has 1 aliphatic rings. The smallest absolute Gasteiger partial charge is 0.312 e. The van der Waals surface area contributed by atoms with Crippen molar-refractivity contribution in [3.8, 4) is 0 Å². The van der Waals surface area contributed by atoms with Crippen LogP contribution in [0.25, 0.3) is 0 Å². The third-order valence-corrected chi connectivity index (χ3v) is 3.19. The molecule has 1 aliphatic heterocycles. The lowest BCUT2D eigenvalue weighted by molar-refractivity contribution is -0.152. The van der Waals surface area contributed by atoms with E-state index >= 15 is 0 Å². The lowest BCUT2D eigenvalue weighted by Gasteiger charge is -2.24. The summed E-state index contributed by atoms with van der Waals surface area (Å²) in [5, 5.41) is 2.29. The highest BCUT2D eigenvalue weighted by Gasteiger charge is 2.16. The number of ether oxygens (including phenoxy) is 1. The Bertz CT molecular complexity index is 339. The summed E-state index contributed by atoms with van der Waals surface area (Å²) in [4.78, 5) is 35.4. The minimum atomic E-state index is -0.686. The number of rotatable bonds is 5. The molecule has 0 aromatic rings. The molecule has 0 aliphatic carbocycles. The van der Waals surface area contributed by atoms with Crippen LogP contribution in [0.2, 0.25) is 0 Å². The van der Waals surface area contributed by atoms with Crippen molar-refractivity contribution in [2.24, 2.45) is 5.73 Å². The van der Waals surface area contributed by atoms with Gasteiger partial charge in [0.05, 0.1) is 6.42 Å². The molecule has 1 fully saturated rings. The molecule has 0 aromatic carbocycles. The molecule has 3 amide bonds. The molecule has 0 radical (unpaired) electrons. The van der Waals surface area contributed by atoms with Gasteiger partial charge in [-0.05, 0) is 12.8 Å². The van der Waals surface area contributed by atoms with Gasteiger partial charge >= 0.3 is 12.0 Å². The van der Waals surface area contributed by atoms with Gasteiger partial charge in [-0.25, -0.2) is 4.79 Å². The normalized spacial score (nSPS) is 15.9. The minimum absolute atomic E-state index is 0.0101. The van der Waals surface area contributed by atoms with Crippen LogP contribution in [0, 0.1) is 0 Å². The van der Waals surface area contributed by atoms with Crippen molar-refractivity contribution in [1.82, 2.24) is 10.2 Å². The van der Waals surface area contributed by atoms with E-state index in [0.29, 0.717) is 0 Å². The largest absolute Gasteiger partial charge is 0.456 e. The number of hydrogen-bond acceptors (Lipinski definition) is 4. The fourth-order valence-corrected chi connectivity index (χ4v) is 2.09. The minimum Gasteiger partial charge on any atom is -0.456 e. The summed E-state index contributed by atoms with van der Waals surface area (Å²) in [5.41, 5.74) is 4.86. The molecule has 114 valence electrons. The first kappa shape index (κ1) is 16.3. The molecule has 3 N–H and O–H groups in total. The highest BCUT2D eigenvalue weighted by Crippen LogP contribution is 2.10. The lowest BCUT2D eigenvalue weighted by atomic mass is 10.1. The third-order valence-electron chi connectivity index (χ3n) is 3.19. The quantitative estimate of drug-likeness (QED) is 0.713. The second kappa shape index (κ2) is 9.17. The number of hydrogen-bond donors (Lipinski definition) is 2. The van der Waals surface area contributed by atoms with Gasteiger partial charge in [-0.1, -0.05) is 19.3 Å². The number of esters is 1. The number of carbonyl (C=O) groups excluding carboxylic acids is 3. The first-order valence-electron chi connectivity index (χ1n) is 7.06. The summed E-state index contributed by atoms with van der Waals surface area (Å²) in [5.74, 6) is -0.665. The van der Waals surface area contributed by atoms with Gasteiger partial charge in [0, 0.05) is 19.6 Å². The monoisotopic (exact) mass is 285 g/mol. The molecule has 7 nitrogen and oxygen atoms in total. The maximum atomic E-state index is 11.9. The zero-order valence-corrected chi connectivity index (χ0v) is 11.7. The van der Waals surface area contributed by atoms with Crippen molar-refractivity contribution in [3.63, 3.8) is 0 Å². The number of amides is 3. The first-order valence-corrected chi connectivity index (χ1v) is 7.06. The Hall–Kier alpha value is -1.79. The molecule has 0 bridgehead atoms. The summed E-state index contributed by atoms with van der Waals surface area (Å²) < 4.78 is 4.89. The predicted octanol–water partition coefficient (Wildman–Crippen LogP) is 0.381. The van der Waals surface area contributed by atoms with E-state index < -0.39 is 12.0 Å². The Kier molecular flexibility index (Phi) is 7.46. The predicted molar refractivity (Wildman–Crippen MR) is 72.8 cm³/mol. The molecule has 0 atom stereocenters.